The van der Waals surface area contributed by atoms with Gasteiger partial charge in [-0.05, 0) is 49.7 Å². The average Bonchev–Trinajstić information content (AvgIpc) is 3.20. The van der Waals surface area contributed by atoms with Crippen LogP contribution in [0.2, 0.25) is 0 Å². The summed E-state index contributed by atoms with van der Waals surface area (Å²) >= 11 is 0.801. The van der Waals surface area contributed by atoms with Gasteiger partial charge in [0.2, 0.25) is 0 Å². The highest BCUT2D eigenvalue weighted by Crippen LogP contribution is 2.34. The summed E-state index contributed by atoms with van der Waals surface area (Å²) in [5, 5.41) is 4.55. The third-order valence-electron chi connectivity index (χ3n) is 4.89. The van der Waals surface area contributed by atoms with Crippen LogP contribution >= 0.6 is 11.3 Å². The van der Waals surface area contributed by atoms with Gasteiger partial charge in [0, 0.05) is 11.3 Å². The Bertz CT molecular complexity index is 1450. The number of nitrogens with one attached hydrogen (secondary N) is 3. The Morgan fingerprint density at radius 3 is 2.32 bits per heavy atom. The van der Waals surface area contributed by atoms with Crippen molar-refractivity contribution >= 4 is 55.9 Å². The summed E-state index contributed by atoms with van der Waals surface area (Å²) in [6.07, 6.45) is -1.02. The van der Waals surface area contributed by atoms with Crippen LogP contribution in [0.15, 0.2) is 59.5 Å². The van der Waals surface area contributed by atoms with Gasteiger partial charge in [0.05, 0.1) is 24.2 Å². The van der Waals surface area contributed by atoms with E-state index in [0.29, 0.717) is 0 Å². The quantitative estimate of drug-likeness (QED) is 0.361. The van der Waals surface area contributed by atoms with Crippen molar-refractivity contribution in [2.75, 3.05) is 23.8 Å². The number of sulfonamides is 1. The zero-order chi connectivity index (χ0) is 27.2. The first-order chi connectivity index (χ1) is 17.6. The van der Waals surface area contributed by atoms with Crippen molar-refractivity contribution in [3.63, 3.8) is 0 Å². The van der Waals surface area contributed by atoms with Crippen LogP contribution < -0.4 is 15.4 Å². The van der Waals surface area contributed by atoms with Crippen molar-refractivity contribution < 1.29 is 37.1 Å². The predicted molar refractivity (Wildman–Crippen MR) is 137 cm³/mol. The first-order valence-corrected chi connectivity index (χ1v) is 13.1. The molecule has 0 saturated heterocycles. The molecule has 0 radical (unpaired) electrons. The fraction of sp³-hybridized carbons (Fsp3) is 0.167. The number of methoxy groups -OCH3 is 1. The Kier molecular flexibility index (Phi) is 8.63. The number of esters is 1. The van der Waals surface area contributed by atoms with Crippen LogP contribution in [0.1, 0.15) is 42.9 Å². The summed E-state index contributed by atoms with van der Waals surface area (Å²) in [7, 11) is -2.81. The number of imide groups is 1. The highest BCUT2D eigenvalue weighted by Gasteiger charge is 2.28. The van der Waals surface area contributed by atoms with Crippen molar-refractivity contribution in [2.45, 2.75) is 18.7 Å². The Hall–Kier alpha value is -4.23. The maximum atomic E-state index is 13.1. The summed E-state index contributed by atoms with van der Waals surface area (Å²) in [5.74, 6) is -2.28. The average molecular weight is 546 g/mol. The number of amides is 3. The van der Waals surface area contributed by atoms with Crippen molar-refractivity contribution in [3.8, 4) is 0 Å². The smallest absolute Gasteiger partial charge is 0.413 e. The maximum Gasteiger partial charge on any atom is 0.413 e. The molecule has 0 bridgehead atoms. The van der Waals surface area contributed by atoms with Gasteiger partial charge in [-0.1, -0.05) is 24.3 Å². The van der Waals surface area contributed by atoms with E-state index in [2.05, 4.69) is 14.8 Å². The van der Waals surface area contributed by atoms with Gasteiger partial charge in [-0.25, -0.2) is 18.0 Å². The number of hydrogen-bond donors (Lipinski definition) is 3. The topological polar surface area (TPSA) is 157 Å². The van der Waals surface area contributed by atoms with Crippen LogP contribution in [0.25, 0.3) is 0 Å². The summed E-state index contributed by atoms with van der Waals surface area (Å²) in [6.45, 7) is 3.18. The van der Waals surface area contributed by atoms with E-state index in [1.54, 1.807) is 25.1 Å². The molecule has 3 aromatic rings. The molecule has 2 aromatic carbocycles. The molecule has 0 aliphatic heterocycles. The van der Waals surface area contributed by atoms with Crippen molar-refractivity contribution in [3.05, 3.63) is 76.2 Å². The standard InChI is InChI=1S/C24H23N3O8S2/c1-4-35-23(30)19-14(2)18(21(29)26-24(31)34-3)22(36-19)25-20(28)15-9-8-10-16(13-15)27-37(32,33)17-11-6-5-7-12-17/h5-13,27H,4H2,1-3H3,(H,25,28)(H,26,29,31). The van der Waals surface area contributed by atoms with E-state index in [9.17, 15) is 27.6 Å². The number of carbonyl (C=O) groups excluding carboxylic acids is 4. The molecule has 0 aliphatic carbocycles. The largest absolute Gasteiger partial charge is 0.462 e. The van der Waals surface area contributed by atoms with Crippen molar-refractivity contribution in [1.29, 1.82) is 0 Å². The number of carbonyl (C=O) groups is 4. The van der Waals surface area contributed by atoms with Gasteiger partial charge in [-0.2, -0.15) is 0 Å². The highest BCUT2D eigenvalue weighted by molar-refractivity contribution is 7.92. The van der Waals surface area contributed by atoms with Crippen LogP contribution in [0, 0.1) is 6.92 Å². The molecule has 0 atom stereocenters. The summed E-state index contributed by atoms with van der Waals surface area (Å²) in [6, 6.07) is 13.4. The Morgan fingerprint density at radius 1 is 0.973 bits per heavy atom. The van der Waals surface area contributed by atoms with Crippen LogP contribution in [-0.2, 0) is 19.5 Å². The normalized spacial score (nSPS) is 10.8. The van der Waals surface area contributed by atoms with Crippen molar-refractivity contribution in [2.24, 2.45) is 0 Å². The summed E-state index contributed by atoms with van der Waals surface area (Å²) in [5.41, 5.74) is 0.281. The SMILES string of the molecule is CCOC(=O)c1sc(NC(=O)c2cccc(NS(=O)(=O)c3ccccc3)c2)c(C(=O)NC(=O)OC)c1C. The van der Waals surface area contributed by atoms with Crippen LogP contribution in [0.3, 0.4) is 0 Å². The number of ether oxygens (including phenoxy) is 2. The number of alkyl carbamates (subject to hydrolysis) is 1. The summed E-state index contributed by atoms with van der Waals surface area (Å²) in [4.78, 5) is 49.8. The molecule has 13 heteroatoms. The Morgan fingerprint density at radius 2 is 1.68 bits per heavy atom. The predicted octanol–water partition coefficient (Wildman–Crippen LogP) is 3.78. The van der Waals surface area contributed by atoms with Crippen LogP contribution in [-0.4, -0.2) is 46.0 Å². The third kappa shape index (κ3) is 6.51. The number of anilines is 2. The third-order valence-corrected chi connectivity index (χ3v) is 7.48. The number of rotatable bonds is 8. The first kappa shape index (κ1) is 27.4. The minimum atomic E-state index is -3.89. The lowest BCUT2D eigenvalue weighted by atomic mass is 10.1. The molecule has 0 unspecified atom stereocenters. The lowest BCUT2D eigenvalue weighted by Crippen LogP contribution is -2.31. The van der Waals surface area contributed by atoms with Gasteiger partial charge in [-0.3, -0.25) is 19.6 Å². The van der Waals surface area contributed by atoms with Gasteiger partial charge >= 0.3 is 12.1 Å². The van der Waals surface area contributed by atoms with Gasteiger partial charge in [0.1, 0.15) is 9.88 Å². The molecule has 3 N–H and O–H groups in total. The molecule has 1 aromatic heterocycles. The Labute approximate surface area is 216 Å². The van der Waals surface area contributed by atoms with E-state index in [-0.39, 0.29) is 43.8 Å². The van der Waals surface area contributed by atoms with Gasteiger partial charge in [-0.15, -0.1) is 11.3 Å². The fourth-order valence-corrected chi connectivity index (χ4v) is 5.35. The molecular weight excluding hydrogens is 522 g/mol. The van der Waals surface area contributed by atoms with Gasteiger partial charge in [0.25, 0.3) is 21.8 Å². The molecule has 0 aliphatic rings. The molecule has 194 valence electrons. The zero-order valence-electron chi connectivity index (χ0n) is 20.0. The van der Waals surface area contributed by atoms with E-state index in [4.69, 9.17) is 4.74 Å². The Balaban J connectivity index is 1.91. The summed E-state index contributed by atoms with van der Waals surface area (Å²) < 4.78 is 37.1. The zero-order valence-corrected chi connectivity index (χ0v) is 21.6. The molecule has 11 nitrogen and oxygen atoms in total. The van der Waals surface area contributed by atoms with Crippen LogP contribution in [0.5, 0.6) is 0 Å². The molecule has 3 rings (SSSR count). The second kappa shape index (κ2) is 11.7. The lowest BCUT2D eigenvalue weighted by Gasteiger charge is -2.10. The monoisotopic (exact) mass is 545 g/mol. The second-order valence-corrected chi connectivity index (χ2v) is 10.1. The minimum Gasteiger partial charge on any atom is -0.462 e. The van der Waals surface area contributed by atoms with Gasteiger partial charge in [0.15, 0.2) is 0 Å². The second-order valence-electron chi connectivity index (χ2n) is 7.38. The fourth-order valence-electron chi connectivity index (χ4n) is 3.19. The minimum absolute atomic E-state index is 0.0118. The maximum absolute atomic E-state index is 13.1. The van der Waals surface area contributed by atoms with E-state index in [1.807, 2.05) is 5.32 Å². The lowest BCUT2D eigenvalue weighted by molar-refractivity contribution is 0.0531. The van der Waals surface area contributed by atoms with E-state index in [1.165, 1.54) is 43.3 Å². The van der Waals surface area contributed by atoms with Crippen LogP contribution in [0.4, 0.5) is 15.5 Å². The van der Waals surface area contributed by atoms with E-state index in [0.717, 1.165) is 18.4 Å². The highest BCUT2D eigenvalue weighted by atomic mass is 32.2. The number of thiophene rings is 1. The van der Waals surface area contributed by atoms with E-state index >= 15 is 0 Å². The molecule has 37 heavy (non-hydrogen) atoms. The molecule has 1 heterocycles. The molecular formula is C24H23N3O8S2. The molecule has 0 saturated carbocycles. The number of benzene rings is 2. The number of hydrogen-bond acceptors (Lipinski definition) is 9. The first-order valence-electron chi connectivity index (χ1n) is 10.8. The molecule has 0 spiro atoms. The van der Waals surface area contributed by atoms with E-state index < -0.39 is 33.9 Å². The molecule has 0 fully saturated rings. The van der Waals surface area contributed by atoms with Gasteiger partial charge < -0.3 is 14.8 Å². The van der Waals surface area contributed by atoms with Crippen molar-refractivity contribution in [1.82, 2.24) is 5.32 Å². The molecule has 3 amide bonds.